The van der Waals surface area contributed by atoms with Crippen molar-refractivity contribution in [3.05, 3.63) is 12.1 Å². The summed E-state index contributed by atoms with van der Waals surface area (Å²) in [4.78, 5) is 9.39. The van der Waals surface area contributed by atoms with Crippen LogP contribution in [-0.2, 0) is 25.0 Å². The number of nitrogen functional groups attached to an aromatic ring is 1. The van der Waals surface area contributed by atoms with Crippen LogP contribution in [0.2, 0.25) is 0 Å². The first-order valence-electron chi connectivity index (χ1n) is 5.27. The van der Waals surface area contributed by atoms with E-state index >= 15 is 0 Å². The molecule has 0 aliphatic heterocycles. The second-order valence-electron chi connectivity index (χ2n) is 3.95. The average Bonchev–Trinajstić information content (AvgIpc) is 2.36. The van der Waals surface area contributed by atoms with Gasteiger partial charge < -0.3 is 11.1 Å². The van der Waals surface area contributed by atoms with Gasteiger partial charge in [0, 0.05) is 5.33 Å². The summed E-state index contributed by atoms with van der Waals surface area (Å²) in [6.45, 7) is 0. The Hall–Kier alpha value is -0.730. The van der Waals surface area contributed by atoms with Crippen LogP contribution in [-0.4, -0.2) is 42.0 Å². The van der Waals surface area contributed by atoms with E-state index in [0.29, 0.717) is 12.1 Å². The summed E-state index contributed by atoms with van der Waals surface area (Å²) in [6, 6.07) is 1.26. The summed E-state index contributed by atoms with van der Waals surface area (Å²) in [5.74, 6) is -0.715. The first kappa shape index (κ1) is 19.3. The van der Waals surface area contributed by atoms with Crippen LogP contribution >= 0.6 is 31.9 Å². The highest BCUT2D eigenvalue weighted by Gasteiger charge is 2.25. The molecule has 5 N–H and O–H groups in total. The molecule has 0 aromatic heterocycles. The molecule has 1 rings (SSSR count). The zero-order chi connectivity index (χ0) is 17.3. The Morgan fingerprint density at radius 1 is 1.18 bits per heavy atom. The summed E-state index contributed by atoms with van der Waals surface area (Å²) in [6.07, 6.45) is 0. The maximum absolute atomic E-state index is 11.8. The molecule has 1 atom stereocenters. The van der Waals surface area contributed by atoms with Gasteiger partial charge in [0.15, 0.2) is 0 Å². The molecule has 0 saturated carbocycles. The van der Waals surface area contributed by atoms with Crippen molar-refractivity contribution in [2.75, 3.05) is 16.4 Å². The summed E-state index contributed by atoms with van der Waals surface area (Å²) in [5, 5.41) is 2.30. The van der Waals surface area contributed by atoms with E-state index in [0.717, 1.165) is 0 Å². The SMILES string of the molecule is Nc1cc(S(=O)(=O)O)c(NC(=O)C(Br)CBr)cc1S(=O)(=O)O. The van der Waals surface area contributed by atoms with Crippen LogP contribution in [0.4, 0.5) is 11.4 Å². The van der Waals surface area contributed by atoms with Crippen LogP contribution in [0.5, 0.6) is 0 Å². The van der Waals surface area contributed by atoms with Crippen molar-refractivity contribution in [3.8, 4) is 0 Å². The van der Waals surface area contributed by atoms with E-state index in [1.165, 1.54) is 0 Å². The van der Waals surface area contributed by atoms with E-state index in [9.17, 15) is 21.6 Å². The van der Waals surface area contributed by atoms with Crippen molar-refractivity contribution in [2.24, 2.45) is 0 Å². The highest BCUT2D eigenvalue weighted by atomic mass is 79.9. The topological polar surface area (TPSA) is 164 Å². The molecule has 0 aliphatic rings. The number of alkyl halides is 2. The lowest BCUT2D eigenvalue weighted by molar-refractivity contribution is -0.115. The van der Waals surface area contributed by atoms with Crippen LogP contribution in [0.25, 0.3) is 0 Å². The number of carbonyl (C=O) groups is 1. The van der Waals surface area contributed by atoms with Gasteiger partial charge >= 0.3 is 0 Å². The third-order valence-electron chi connectivity index (χ3n) is 2.35. The first-order chi connectivity index (χ1) is 9.87. The molecule has 1 amide bonds. The Kier molecular flexibility index (Phi) is 5.97. The molecule has 0 saturated heterocycles. The van der Waals surface area contributed by atoms with Crippen LogP contribution in [0.1, 0.15) is 0 Å². The normalized spacial score (nSPS) is 13.6. The lowest BCUT2D eigenvalue weighted by Gasteiger charge is -2.14. The third kappa shape index (κ3) is 4.63. The molecule has 0 bridgehead atoms. The minimum Gasteiger partial charge on any atom is -0.398 e. The number of nitrogens with two attached hydrogens (primary N) is 1. The van der Waals surface area contributed by atoms with E-state index in [1.54, 1.807) is 0 Å². The fourth-order valence-corrected chi connectivity index (χ4v) is 3.09. The smallest absolute Gasteiger partial charge is 0.296 e. The number of hydrogen-bond donors (Lipinski definition) is 4. The molecule has 1 unspecified atom stereocenters. The quantitative estimate of drug-likeness (QED) is 0.273. The summed E-state index contributed by atoms with van der Waals surface area (Å²) >= 11 is 6.00. The standard InChI is InChI=1S/C9H10Br2N2O7S2/c10-3-4(11)9(14)13-6-2-7(21(15,16)17)5(12)1-8(6)22(18,19)20/h1-2,4H,3,12H2,(H,13,14)(H,15,16,17)(H,18,19,20). The number of carbonyl (C=O) groups excluding carboxylic acids is 1. The Labute approximate surface area is 143 Å². The second-order valence-corrected chi connectivity index (χ2v) is 8.48. The van der Waals surface area contributed by atoms with Gasteiger partial charge in [-0.1, -0.05) is 31.9 Å². The van der Waals surface area contributed by atoms with Gasteiger partial charge in [-0.15, -0.1) is 0 Å². The number of rotatable bonds is 5. The number of anilines is 2. The van der Waals surface area contributed by atoms with E-state index in [4.69, 9.17) is 14.8 Å². The van der Waals surface area contributed by atoms with Crippen LogP contribution in [0.15, 0.2) is 21.9 Å². The van der Waals surface area contributed by atoms with E-state index in [1.807, 2.05) is 0 Å². The van der Waals surface area contributed by atoms with Gasteiger partial charge in [0.1, 0.15) is 14.6 Å². The van der Waals surface area contributed by atoms with Crippen LogP contribution in [0.3, 0.4) is 0 Å². The van der Waals surface area contributed by atoms with Gasteiger partial charge in [-0.2, -0.15) is 16.8 Å². The maximum Gasteiger partial charge on any atom is 0.296 e. The van der Waals surface area contributed by atoms with Crippen LogP contribution in [0, 0.1) is 0 Å². The minimum atomic E-state index is -4.79. The van der Waals surface area contributed by atoms with Crippen molar-refractivity contribution in [3.63, 3.8) is 0 Å². The van der Waals surface area contributed by atoms with Crippen molar-refractivity contribution in [1.82, 2.24) is 0 Å². The lowest BCUT2D eigenvalue weighted by Crippen LogP contribution is -2.25. The minimum absolute atomic E-state index is 0.181. The largest absolute Gasteiger partial charge is 0.398 e. The highest BCUT2D eigenvalue weighted by molar-refractivity contribution is 9.12. The molecule has 0 radical (unpaired) electrons. The predicted octanol–water partition coefficient (Wildman–Crippen LogP) is 0.859. The van der Waals surface area contributed by atoms with Crippen molar-refractivity contribution < 1.29 is 30.7 Å². The van der Waals surface area contributed by atoms with Gasteiger partial charge in [0.05, 0.1) is 11.4 Å². The molecule has 1 aromatic rings. The molecule has 13 heteroatoms. The molecule has 0 aliphatic carbocycles. The second kappa shape index (κ2) is 6.80. The van der Waals surface area contributed by atoms with Crippen molar-refractivity contribution in [2.45, 2.75) is 14.6 Å². The summed E-state index contributed by atoms with van der Waals surface area (Å²) in [5.41, 5.74) is 4.20. The molecule has 0 spiro atoms. The zero-order valence-corrected chi connectivity index (χ0v) is 15.3. The summed E-state index contributed by atoms with van der Waals surface area (Å²) in [7, 11) is -9.55. The highest BCUT2D eigenvalue weighted by Crippen LogP contribution is 2.30. The number of nitrogens with one attached hydrogen (secondary N) is 1. The number of benzene rings is 1. The monoisotopic (exact) mass is 480 g/mol. The molecule has 1 aromatic carbocycles. The average molecular weight is 482 g/mol. The molecule has 0 fully saturated rings. The van der Waals surface area contributed by atoms with Crippen molar-refractivity contribution >= 4 is 69.4 Å². The van der Waals surface area contributed by atoms with E-state index < -0.39 is 52.1 Å². The van der Waals surface area contributed by atoms with E-state index in [-0.39, 0.29) is 5.33 Å². The third-order valence-corrected chi connectivity index (χ3v) is 6.40. The van der Waals surface area contributed by atoms with Gasteiger partial charge in [-0.25, -0.2) is 0 Å². The molecule has 9 nitrogen and oxygen atoms in total. The fourth-order valence-electron chi connectivity index (χ4n) is 1.39. The Morgan fingerprint density at radius 3 is 2.09 bits per heavy atom. The molecular formula is C9H10Br2N2O7S2. The predicted molar refractivity (Wildman–Crippen MR) is 85.6 cm³/mol. The van der Waals surface area contributed by atoms with Crippen molar-refractivity contribution in [1.29, 1.82) is 0 Å². The number of halogens is 2. The van der Waals surface area contributed by atoms with Gasteiger partial charge in [0.25, 0.3) is 20.2 Å². The Balaban J connectivity index is 3.55. The molecule has 124 valence electrons. The lowest BCUT2D eigenvalue weighted by atomic mass is 10.2. The first-order valence-corrected chi connectivity index (χ1v) is 10.2. The zero-order valence-electron chi connectivity index (χ0n) is 10.5. The van der Waals surface area contributed by atoms with Gasteiger partial charge in [0.2, 0.25) is 5.91 Å². The molecular weight excluding hydrogens is 472 g/mol. The number of hydrogen-bond acceptors (Lipinski definition) is 6. The molecule has 22 heavy (non-hydrogen) atoms. The Morgan fingerprint density at radius 2 is 1.68 bits per heavy atom. The maximum atomic E-state index is 11.8. The van der Waals surface area contributed by atoms with E-state index in [2.05, 4.69) is 37.2 Å². The summed E-state index contributed by atoms with van der Waals surface area (Å²) < 4.78 is 63.1. The Bertz CT molecular complexity index is 807. The molecule has 0 heterocycles. The number of amides is 1. The fraction of sp³-hybridized carbons (Fsp3) is 0.222. The van der Waals surface area contributed by atoms with Gasteiger partial charge in [-0.05, 0) is 12.1 Å². The van der Waals surface area contributed by atoms with Crippen LogP contribution < -0.4 is 11.1 Å². The van der Waals surface area contributed by atoms with Gasteiger partial charge in [-0.3, -0.25) is 13.9 Å².